The first-order valence-electron chi connectivity index (χ1n) is 11.2. The van der Waals surface area contributed by atoms with Crippen molar-refractivity contribution in [1.82, 2.24) is 5.32 Å². The van der Waals surface area contributed by atoms with Crippen molar-refractivity contribution in [2.75, 3.05) is 22.9 Å². The van der Waals surface area contributed by atoms with E-state index in [4.69, 9.17) is 4.74 Å². The molecule has 1 N–H and O–H groups in total. The van der Waals surface area contributed by atoms with Crippen molar-refractivity contribution in [2.24, 2.45) is 0 Å². The highest BCUT2D eigenvalue weighted by Gasteiger charge is 2.34. The van der Waals surface area contributed by atoms with Crippen LogP contribution in [-0.2, 0) is 27.8 Å². The summed E-state index contributed by atoms with van der Waals surface area (Å²) in [5.41, 5.74) is 3.77. The summed E-state index contributed by atoms with van der Waals surface area (Å²) in [6, 6.07) is 13.0. The summed E-state index contributed by atoms with van der Waals surface area (Å²) in [5.74, 6) is -0.348. The second-order valence-electron chi connectivity index (χ2n) is 8.73. The van der Waals surface area contributed by atoms with Crippen LogP contribution in [0.2, 0.25) is 0 Å². The molecule has 0 saturated carbocycles. The van der Waals surface area contributed by atoms with Crippen LogP contribution in [0, 0.1) is 0 Å². The third kappa shape index (κ3) is 5.13. The summed E-state index contributed by atoms with van der Waals surface area (Å²) in [4.78, 5) is 28.8. The molecule has 176 valence electrons. The van der Waals surface area contributed by atoms with Crippen molar-refractivity contribution in [2.45, 2.75) is 51.1 Å². The largest absolute Gasteiger partial charge is 0.444 e. The van der Waals surface area contributed by atoms with Gasteiger partial charge in [-0.05, 0) is 56.5 Å². The Bertz CT molecular complexity index is 1110. The molecule has 33 heavy (non-hydrogen) atoms. The molecule has 9 heteroatoms. The highest BCUT2D eigenvalue weighted by molar-refractivity contribution is 7.71. The van der Waals surface area contributed by atoms with Gasteiger partial charge >= 0.3 is 6.09 Å². The Kier molecular flexibility index (Phi) is 6.88. The third-order valence-electron chi connectivity index (χ3n) is 6.03. The Labute approximate surface area is 195 Å². The Morgan fingerprint density at radius 1 is 1.12 bits per heavy atom. The topological polar surface area (TPSA) is 96.0 Å². The number of benzene rings is 2. The zero-order valence-corrected chi connectivity index (χ0v) is 19.7. The van der Waals surface area contributed by atoms with Gasteiger partial charge in [0.25, 0.3) is 5.91 Å². The number of hydrogen-bond acceptors (Lipinski definition) is 6. The molecule has 4 rings (SSSR count). The second-order valence-corrected chi connectivity index (χ2v) is 9.72. The molecule has 8 nitrogen and oxygen atoms in total. The molecule has 0 aliphatic carbocycles. The Morgan fingerprint density at radius 3 is 2.55 bits per heavy atom. The number of ether oxygens (including phenoxy) is 1. The van der Waals surface area contributed by atoms with Gasteiger partial charge in [-0.2, -0.15) is 0 Å². The van der Waals surface area contributed by atoms with Crippen LogP contribution < -0.4 is 15.1 Å². The Hall–Kier alpha value is -3.07. The van der Waals surface area contributed by atoms with E-state index in [0.717, 1.165) is 29.8 Å². The molecule has 2 aromatic rings. The predicted molar refractivity (Wildman–Crippen MR) is 127 cm³/mol. The van der Waals surface area contributed by atoms with Gasteiger partial charge in [-0.3, -0.25) is 9.69 Å². The van der Waals surface area contributed by atoms with Gasteiger partial charge in [-0.15, -0.1) is 0 Å². The van der Waals surface area contributed by atoms with E-state index in [-0.39, 0.29) is 36.4 Å². The van der Waals surface area contributed by atoms with E-state index in [1.807, 2.05) is 44.2 Å². The molecule has 2 heterocycles. The van der Waals surface area contributed by atoms with E-state index in [1.165, 1.54) is 0 Å². The molecule has 2 amide bonds. The summed E-state index contributed by atoms with van der Waals surface area (Å²) < 4.78 is 28.4. The van der Waals surface area contributed by atoms with Crippen LogP contribution in [0.15, 0.2) is 42.5 Å². The lowest BCUT2D eigenvalue weighted by atomic mass is 9.99. The fourth-order valence-electron chi connectivity index (χ4n) is 4.53. The van der Waals surface area contributed by atoms with Crippen LogP contribution in [0.4, 0.5) is 16.2 Å². The average molecular weight is 472 g/mol. The summed E-state index contributed by atoms with van der Waals surface area (Å²) >= 11 is 0. The highest BCUT2D eigenvalue weighted by atomic mass is 32.2. The van der Waals surface area contributed by atoms with Crippen molar-refractivity contribution >= 4 is 34.1 Å². The second kappa shape index (κ2) is 9.82. The molecule has 2 aliphatic rings. The van der Waals surface area contributed by atoms with Gasteiger partial charge in [0, 0.05) is 42.0 Å². The van der Waals surface area contributed by atoms with E-state index in [0.29, 0.717) is 24.2 Å². The number of rotatable bonds is 6. The van der Waals surface area contributed by atoms with Crippen molar-refractivity contribution in [3.63, 3.8) is 0 Å². The van der Waals surface area contributed by atoms with Crippen LogP contribution >= 0.6 is 0 Å². The lowest BCUT2D eigenvalue weighted by Gasteiger charge is -2.41. The van der Waals surface area contributed by atoms with E-state index < -0.39 is 10.7 Å². The predicted octanol–water partition coefficient (Wildman–Crippen LogP) is 3.06. The molecule has 0 unspecified atom stereocenters. The van der Waals surface area contributed by atoms with Gasteiger partial charge in [0.05, 0.1) is 11.4 Å². The first-order valence-corrected chi connectivity index (χ1v) is 12.5. The van der Waals surface area contributed by atoms with Gasteiger partial charge in [0.2, 0.25) is 0 Å². The van der Waals surface area contributed by atoms with Crippen LogP contribution in [0.25, 0.3) is 0 Å². The molecule has 1 fully saturated rings. The number of anilines is 2. The number of para-hydroxylation sites is 1. The number of carbonyl (C=O) groups excluding carboxylic acids is 2. The first kappa shape index (κ1) is 23.1. The number of thiol groups is 1. The third-order valence-corrected chi connectivity index (χ3v) is 6.63. The van der Waals surface area contributed by atoms with Gasteiger partial charge in [0.15, 0.2) is 0 Å². The molecule has 0 bridgehead atoms. The molecule has 0 spiro atoms. The zero-order chi connectivity index (χ0) is 23.5. The minimum Gasteiger partial charge on any atom is -0.444 e. The molecule has 0 atom stereocenters. The SMILES string of the molecule is CC(C)NC(=O)c1ccc(N2CCC(N3C(=O)OCc4ccccc43)CC2)c(C[SH](=O)=O)c1. The molecule has 2 aromatic carbocycles. The number of amides is 2. The fraction of sp³-hybridized carbons (Fsp3) is 0.417. The molecular weight excluding hydrogens is 442 g/mol. The van der Waals surface area contributed by atoms with Crippen molar-refractivity contribution < 1.29 is 22.7 Å². The first-order chi connectivity index (χ1) is 15.8. The van der Waals surface area contributed by atoms with E-state index in [9.17, 15) is 18.0 Å². The molecule has 2 aliphatic heterocycles. The number of piperidine rings is 1. The van der Waals surface area contributed by atoms with Crippen molar-refractivity contribution in [3.05, 3.63) is 59.2 Å². The summed E-state index contributed by atoms with van der Waals surface area (Å²) in [7, 11) is -2.64. The smallest absolute Gasteiger partial charge is 0.414 e. The number of hydrogen-bond donors (Lipinski definition) is 2. The van der Waals surface area contributed by atoms with E-state index in [2.05, 4.69) is 10.2 Å². The summed E-state index contributed by atoms with van der Waals surface area (Å²) in [6.45, 7) is 5.37. The van der Waals surface area contributed by atoms with Crippen LogP contribution in [-0.4, -0.2) is 45.6 Å². The number of nitrogens with one attached hydrogen (secondary N) is 1. The quantitative estimate of drug-likeness (QED) is 0.629. The van der Waals surface area contributed by atoms with Gasteiger partial charge in [-0.1, -0.05) is 18.2 Å². The minimum atomic E-state index is -2.64. The molecule has 0 radical (unpaired) electrons. The van der Waals surface area contributed by atoms with Gasteiger partial charge in [-0.25, -0.2) is 13.2 Å². The number of cyclic esters (lactones) is 1. The average Bonchev–Trinajstić information content (AvgIpc) is 2.78. The zero-order valence-electron chi connectivity index (χ0n) is 18.8. The Balaban J connectivity index is 1.52. The standard InChI is InChI=1S/C24H29N3O5S/c1-16(2)25-23(28)17-7-8-21(19(13-17)15-33(30)31)26-11-9-20(10-12-26)27-22-6-4-3-5-18(22)14-32-24(27)29/h3-8,13,16,20,33H,9-12,14-15H2,1-2H3,(H,25,28). The maximum Gasteiger partial charge on any atom is 0.414 e. The molecule has 0 aromatic heterocycles. The lowest BCUT2D eigenvalue weighted by Crippen LogP contribution is -2.49. The molecular formula is C24H29N3O5S. The van der Waals surface area contributed by atoms with Gasteiger partial charge < -0.3 is 15.0 Å². The van der Waals surface area contributed by atoms with Crippen molar-refractivity contribution in [3.8, 4) is 0 Å². The normalized spacial score (nSPS) is 16.7. The monoisotopic (exact) mass is 471 g/mol. The maximum absolute atomic E-state index is 12.5. The Morgan fingerprint density at radius 2 is 1.85 bits per heavy atom. The van der Waals surface area contributed by atoms with Crippen LogP contribution in [0.5, 0.6) is 0 Å². The fourth-order valence-corrected chi connectivity index (χ4v) is 5.06. The number of nitrogens with zero attached hydrogens (tertiary/aromatic N) is 2. The molecule has 1 saturated heterocycles. The minimum absolute atomic E-state index is 0.00545. The number of fused-ring (bicyclic) bond motifs is 1. The van der Waals surface area contributed by atoms with Crippen molar-refractivity contribution in [1.29, 1.82) is 0 Å². The van der Waals surface area contributed by atoms with E-state index >= 15 is 0 Å². The number of carbonyl (C=O) groups is 2. The highest BCUT2D eigenvalue weighted by Crippen LogP contribution is 2.33. The maximum atomic E-state index is 12.5. The van der Waals surface area contributed by atoms with E-state index in [1.54, 1.807) is 17.0 Å². The van der Waals surface area contributed by atoms with Crippen LogP contribution in [0.3, 0.4) is 0 Å². The summed E-state index contributed by atoms with van der Waals surface area (Å²) in [5, 5.41) is 2.84. The summed E-state index contributed by atoms with van der Waals surface area (Å²) in [6.07, 6.45) is 1.13. The van der Waals surface area contributed by atoms with Crippen LogP contribution in [0.1, 0.15) is 48.2 Å². The lowest BCUT2D eigenvalue weighted by molar-refractivity contribution is 0.0943. The van der Waals surface area contributed by atoms with Gasteiger partial charge in [0.1, 0.15) is 17.3 Å².